The lowest BCUT2D eigenvalue weighted by Crippen LogP contribution is -2.25. The maximum atomic E-state index is 12.9. The Morgan fingerprint density at radius 2 is 2.15 bits per heavy atom. The number of anilines is 1. The van der Waals surface area contributed by atoms with Gasteiger partial charge in [-0.05, 0) is 44.5 Å². The second kappa shape index (κ2) is 8.44. The summed E-state index contributed by atoms with van der Waals surface area (Å²) >= 11 is 0. The summed E-state index contributed by atoms with van der Waals surface area (Å²) in [6, 6.07) is 11.2. The van der Waals surface area contributed by atoms with Crippen molar-refractivity contribution in [3.63, 3.8) is 0 Å². The van der Waals surface area contributed by atoms with E-state index in [1.54, 1.807) is 10.6 Å². The van der Waals surface area contributed by atoms with Crippen LogP contribution in [0, 0.1) is 0 Å². The molecule has 7 nitrogen and oxygen atoms in total. The van der Waals surface area contributed by atoms with Crippen molar-refractivity contribution in [2.45, 2.75) is 26.8 Å². The molecule has 0 amide bonds. The smallest absolute Gasteiger partial charge is 0.262 e. The van der Waals surface area contributed by atoms with E-state index in [0.717, 1.165) is 17.8 Å². The molecular formula is C19H23N5O2. The first-order valence-corrected chi connectivity index (χ1v) is 8.72. The topological polar surface area (TPSA) is 84.3 Å². The van der Waals surface area contributed by atoms with Crippen molar-refractivity contribution in [3.8, 4) is 0 Å². The summed E-state index contributed by atoms with van der Waals surface area (Å²) in [5.74, 6) is 0.427. The lowest BCUT2D eigenvalue weighted by Gasteiger charge is -2.13. The number of para-hydroxylation sites is 1. The fourth-order valence-electron chi connectivity index (χ4n) is 2.68. The lowest BCUT2D eigenvalue weighted by molar-refractivity contribution is 0.141. The van der Waals surface area contributed by atoms with Crippen LogP contribution in [0.15, 0.2) is 52.5 Å². The first-order chi connectivity index (χ1) is 12.7. The van der Waals surface area contributed by atoms with Gasteiger partial charge in [-0.3, -0.25) is 9.36 Å². The molecule has 7 heteroatoms. The molecule has 1 aromatic carbocycles. The van der Waals surface area contributed by atoms with E-state index < -0.39 is 0 Å². The Labute approximate surface area is 151 Å². The number of aromatic amines is 1. The highest BCUT2D eigenvalue weighted by Gasteiger charge is 2.10. The van der Waals surface area contributed by atoms with Crippen molar-refractivity contribution >= 4 is 22.6 Å². The molecule has 0 radical (unpaired) electrons. The highest BCUT2D eigenvalue weighted by Crippen LogP contribution is 2.12. The highest BCUT2D eigenvalue weighted by molar-refractivity contribution is 5.97. The Kier molecular flexibility index (Phi) is 5.80. The molecule has 0 aliphatic heterocycles. The second-order valence-corrected chi connectivity index (χ2v) is 5.85. The number of fused-ring (bicyclic) bond motifs is 1. The fourth-order valence-corrected chi connectivity index (χ4v) is 2.68. The summed E-state index contributed by atoms with van der Waals surface area (Å²) in [7, 11) is 0. The minimum absolute atomic E-state index is 0.0812. The number of ether oxygens (including phenoxy) is 1. The number of aromatic nitrogens is 3. The van der Waals surface area contributed by atoms with Gasteiger partial charge in [0.05, 0.1) is 22.3 Å². The molecule has 0 unspecified atom stereocenters. The van der Waals surface area contributed by atoms with Gasteiger partial charge < -0.3 is 9.72 Å². The summed E-state index contributed by atoms with van der Waals surface area (Å²) in [6.07, 6.45) is 2.56. The zero-order valence-corrected chi connectivity index (χ0v) is 15.0. The summed E-state index contributed by atoms with van der Waals surface area (Å²) in [5.41, 5.74) is 5.20. The molecule has 0 fully saturated rings. The van der Waals surface area contributed by atoms with Crippen LogP contribution >= 0.6 is 0 Å². The van der Waals surface area contributed by atoms with Gasteiger partial charge in [0.2, 0.25) is 5.95 Å². The molecule has 0 saturated carbocycles. The van der Waals surface area contributed by atoms with Crippen molar-refractivity contribution in [1.82, 2.24) is 14.5 Å². The molecule has 2 N–H and O–H groups in total. The van der Waals surface area contributed by atoms with Crippen molar-refractivity contribution in [2.75, 3.05) is 18.6 Å². The van der Waals surface area contributed by atoms with Gasteiger partial charge in [0.15, 0.2) is 0 Å². The number of rotatable bonds is 8. The van der Waals surface area contributed by atoms with Gasteiger partial charge >= 0.3 is 0 Å². The first-order valence-electron chi connectivity index (χ1n) is 8.72. The van der Waals surface area contributed by atoms with E-state index in [1.165, 1.54) is 0 Å². The van der Waals surface area contributed by atoms with E-state index in [9.17, 15) is 4.79 Å². The number of nitrogens with zero attached hydrogens (tertiary/aromatic N) is 3. The predicted molar refractivity (Wildman–Crippen MR) is 104 cm³/mol. The third-order valence-electron chi connectivity index (χ3n) is 4.05. The number of hydrogen-bond acceptors (Lipinski definition) is 5. The molecule has 0 bridgehead atoms. The second-order valence-electron chi connectivity index (χ2n) is 5.85. The van der Waals surface area contributed by atoms with Crippen LogP contribution in [0.3, 0.4) is 0 Å². The maximum absolute atomic E-state index is 12.9. The summed E-state index contributed by atoms with van der Waals surface area (Å²) in [5, 5.41) is 4.97. The Hall–Kier alpha value is -2.93. The van der Waals surface area contributed by atoms with E-state index in [4.69, 9.17) is 4.74 Å². The van der Waals surface area contributed by atoms with Gasteiger partial charge in [0.25, 0.3) is 5.56 Å². The Balaban J connectivity index is 1.93. The minimum Gasteiger partial charge on any atom is -0.382 e. The third-order valence-corrected chi connectivity index (χ3v) is 4.05. The number of hydrogen-bond donors (Lipinski definition) is 2. The highest BCUT2D eigenvalue weighted by atomic mass is 16.5. The molecule has 3 aromatic rings. The van der Waals surface area contributed by atoms with Crippen LogP contribution in [0.2, 0.25) is 0 Å². The quantitative estimate of drug-likeness (QED) is 0.370. The van der Waals surface area contributed by atoms with Gasteiger partial charge in [-0.1, -0.05) is 12.1 Å². The summed E-state index contributed by atoms with van der Waals surface area (Å²) in [4.78, 5) is 20.6. The molecule has 0 aliphatic carbocycles. The SMILES string of the molecule is CCOCCCn1c(N/N=C(\C)c2ccc[nH]2)nc2ccccc2c1=O. The van der Waals surface area contributed by atoms with Gasteiger partial charge in [0, 0.05) is 26.0 Å². The Bertz CT molecular complexity index is 944. The molecule has 26 heavy (non-hydrogen) atoms. The zero-order chi connectivity index (χ0) is 18.4. The predicted octanol–water partition coefficient (Wildman–Crippen LogP) is 2.99. The first kappa shape index (κ1) is 17.9. The van der Waals surface area contributed by atoms with E-state index >= 15 is 0 Å². The molecule has 136 valence electrons. The van der Waals surface area contributed by atoms with Crippen LogP contribution in [0.4, 0.5) is 5.95 Å². The van der Waals surface area contributed by atoms with E-state index in [2.05, 4.69) is 20.5 Å². The molecule has 0 spiro atoms. The molecule has 0 saturated heterocycles. The molecule has 0 atom stereocenters. The van der Waals surface area contributed by atoms with Crippen LogP contribution in [-0.4, -0.2) is 33.5 Å². The van der Waals surface area contributed by atoms with Crippen LogP contribution in [-0.2, 0) is 11.3 Å². The molecule has 0 aliphatic rings. The van der Waals surface area contributed by atoms with Gasteiger partial charge in [-0.25, -0.2) is 10.4 Å². The number of benzene rings is 1. The Morgan fingerprint density at radius 3 is 2.92 bits per heavy atom. The standard InChI is InChI=1S/C19H23N5O2/c1-3-26-13-7-12-24-18(25)15-8-4-5-9-17(15)21-19(24)23-22-14(2)16-10-6-11-20-16/h4-6,8-11,20H,3,7,12-13H2,1-2H3,(H,21,23)/b22-14+. The maximum Gasteiger partial charge on any atom is 0.262 e. The van der Waals surface area contributed by atoms with Gasteiger partial charge in [0.1, 0.15) is 0 Å². The molecule has 2 aromatic heterocycles. The van der Waals surface area contributed by atoms with E-state index in [1.807, 2.05) is 50.4 Å². The largest absolute Gasteiger partial charge is 0.382 e. The van der Waals surface area contributed by atoms with Crippen molar-refractivity contribution in [3.05, 3.63) is 58.6 Å². The lowest BCUT2D eigenvalue weighted by atomic mass is 10.2. The molecular weight excluding hydrogens is 330 g/mol. The molecule has 2 heterocycles. The normalized spacial score (nSPS) is 11.8. The van der Waals surface area contributed by atoms with E-state index in [-0.39, 0.29) is 5.56 Å². The Morgan fingerprint density at radius 1 is 1.31 bits per heavy atom. The van der Waals surface area contributed by atoms with Crippen molar-refractivity contribution in [1.29, 1.82) is 0 Å². The zero-order valence-electron chi connectivity index (χ0n) is 15.0. The summed E-state index contributed by atoms with van der Waals surface area (Å²) < 4.78 is 7.00. The van der Waals surface area contributed by atoms with Crippen LogP contribution in [0.25, 0.3) is 10.9 Å². The van der Waals surface area contributed by atoms with Crippen LogP contribution in [0.5, 0.6) is 0 Å². The average Bonchev–Trinajstić information content (AvgIpc) is 3.20. The van der Waals surface area contributed by atoms with Crippen LogP contribution < -0.4 is 11.0 Å². The monoisotopic (exact) mass is 353 g/mol. The number of H-pyrrole nitrogens is 1. The van der Waals surface area contributed by atoms with Crippen molar-refractivity contribution in [2.24, 2.45) is 5.10 Å². The van der Waals surface area contributed by atoms with E-state index in [0.29, 0.717) is 36.6 Å². The number of nitrogens with one attached hydrogen (secondary N) is 2. The van der Waals surface area contributed by atoms with Gasteiger partial charge in [-0.2, -0.15) is 5.10 Å². The average molecular weight is 353 g/mol. The van der Waals surface area contributed by atoms with Crippen molar-refractivity contribution < 1.29 is 4.74 Å². The van der Waals surface area contributed by atoms with Gasteiger partial charge in [-0.15, -0.1) is 0 Å². The fraction of sp³-hybridized carbons (Fsp3) is 0.316. The van der Waals surface area contributed by atoms with Crippen LogP contribution in [0.1, 0.15) is 26.0 Å². The minimum atomic E-state index is -0.0812. The third kappa shape index (κ3) is 4.00. The summed E-state index contributed by atoms with van der Waals surface area (Å²) in [6.45, 7) is 5.61. The molecule has 3 rings (SSSR count). The number of hydrazone groups is 1.